The van der Waals surface area contributed by atoms with Crippen LogP contribution < -0.4 is 5.32 Å². The standard InChI is InChI=1S/C11H10BrN3O3S/c1-2-18-10(17)7-4-13-11(14-7)15-9(16)6-3-8(12)19-5-6/h3-5H,2H2,1H3,(H2,13,14,15,16). The number of anilines is 1. The van der Waals surface area contributed by atoms with E-state index < -0.39 is 5.97 Å². The second kappa shape index (κ2) is 5.98. The van der Waals surface area contributed by atoms with Gasteiger partial charge in [-0.2, -0.15) is 0 Å². The van der Waals surface area contributed by atoms with E-state index in [4.69, 9.17) is 4.74 Å². The van der Waals surface area contributed by atoms with Crippen molar-refractivity contribution in [2.75, 3.05) is 11.9 Å². The molecule has 0 saturated heterocycles. The molecule has 0 aliphatic carbocycles. The normalized spacial score (nSPS) is 10.2. The molecule has 1 amide bonds. The minimum atomic E-state index is -0.506. The summed E-state index contributed by atoms with van der Waals surface area (Å²) in [7, 11) is 0. The Morgan fingerprint density at radius 3 is 3.00 bits per heavy atom. The molecule has 6 nitrogen and oxygen atoms in total. The number of amides is 1. The fourth-order valence-electron chi connectivity index (χ4n) is 1.31. The molecule has 19 heavy (non-hydrogen) atoms. The Labute approximate surface area is 121 Å². The van der Waals surface area contributed by atoms with E-state index in [1.165, 1.54) is 17.5 Å². The maximum Gasteiger partial charge on any atom is 0.356 e. The van der Waals surface area contributed by atoms with E-state index in [-0.39, 0.29) is 24.2 Å². The molecule has 2 aromatic heterocycles. The Kier molecular flexibility index (Phi) is 4.33. The lowest BCUT2D eigenvalue weighted by Crippen LogP contribution is -2.12. The number of ether oxygens (including phenoxy) is 1. The molecule has 0 aromatic carbocycles. The van der Waals surface area contributed by atoms with Crippen molar-refractivity contribution < 1.29 is 14.3 Å². The predicted octanol–water partition coefficient (Wildman–Crippen LogP) is 2.66. The summed E-state index contributed by atoms with van der Waals surface area (Å²) in [6.45, 7) is 1.99. The second-order valence-corrected chi connectivity index (χ2v) is 5.75. The van der Waals surface area contributed by atoms with E-state index in [0.717, 1.165) is 3.79 Å². The van der Waals surface area contributed by atoms with Crippen molar-refractivity contribution in [1.29, 1.82) is 0 Å². The smallest absolute Gasteiger partial charge is 0.356 e. The number of H-pyrrole nitrogens is 1. The van der Waals surface area contributed by atoms with Gasteiger partial charge in [-0.25, -0.2) is 9.78 Å². The molecule has 2 heterocycles. The Balaban J connectivity index is 2.04. The number of carbonyl (C=O) groups is 2. The second-order valence-electron chi connectivity index (χ2n) is 3.46. The molecule has 0 atom stereocenters. The summed E-state index contributed by atoms with van der Waals surface area (Å²) < 4.78 is 5.67. The minimum absolute atomic E-state index is 0.198. The van der Waals surface area contributed by atoms with Crippen LogP contribution >= 0.6 is 27.3 Å². The number of esters is 1. The largest absolute Gasteiger partial charge is 0.461 e. The van der Waals surface area contributed by atoms with Crippen LogP contribution in [-0.2, 0) is 4.74 Å². The molecule has 0 saturated carbocycles. The van der Waals surface area contributed by atoms with Crippen LogP contribution in [0.5, 0.6) is 0 Å². The average Bonchev–Trinajstić information content (AvgIpc) is 2.98. The van der Waals surface area contributed by atoms with E-state index in [0.29, 0.717) is 5.56 Å². The van der Waals surface area contributed by atoms with Crippen LogP contribution in [0, 0.1) is 0 Å². The molecular formula is C11H10BrN3O3S. The van der Waals surface area contributed by atoms with Crippen LogP contribution in [0.15, 0.2) is 21.4 Å². The molecule has 0 spiro atoms. The van der Waals surface area contributed by atoms with Gasteiger partial charge < -0.3 is 9.72 Å². The molecule has 0 bridgehead atoms. The van der Waals surface area contributed by atoms with Crippen molar-refractivity contribution >= 4 is 45.1 Å². The average molecular weight is 344 g/mol. The Bertz CT molecular complexity index is 608. The van der Waals surface area contributed by atoms with Crippen LogP contribution in [0.4, 0.5) is 5.95 Å². The first-order valence-corrected chi connectivity index (χ1v) is 7.05. The molecule has 0 aliphatic rings. The van der Waals surface area contributed by atoms with Gasteiger partial charge in [0.05, 0.1) is 22.2 Å². The number of halogens is 1. The van der Waals surface area contributed by atoms with E-state index in [1.54, 1.807) is 18.4 Å². The molecular weight excluding hydrogens is 334 g/mol. The first-order chi connectivity index (χ1) is 9.10. The molecule has 0 unspecified atom stereocenters. The molecule has 2 rings (SSSR count). The molecule has 2 aromatic rings. The lowest BCUT2D eigenvalue weighted by Gasteiger charge is -1.99. The summed E-state index contributed by atoms with van der Waals surface area (Å²) in [5.41, 5.74) is 0.717. The minimum Gasteiger partial charge on any atom is -0.461 e. The van der Waals surface area contributed by atoms with Gasteiger partial charge in [0.25, 0.3) is 5.91 Å². The number of aromatic amines is 1. The highest BCUT2D eigenvalue weighted by Crippen LogP contribution is 2.21. The SMILES string of the molecule is CCOC(=O)c1cnc(NC(=O)c2csc(Br)c2)[nH]1. The molecule has 2 N–H and O–H groups in total. The Morgan fingerprint density at radius 2 is 2.37 bits per heavy atom. The Hall–Kier alpha value is -1.67. The first kappa shape index (κ1) is 13.8. The van der Waals surface area contributed by atoms with E-state index in [1.807, 2.05) is 0 Å². The van der Waals surface area contributed by atoms with Crippen LogP contribution in [0.1, 0.15) is 27.8 Å². The number of rotatable bonds is 4. The number of thiophene rings is 1. The topological polar surface area (TPSA) is 84.1 Å². The first-order valence-electron chi connectivity index (χ1n) is 5.37. The van der Waals surface area contributed by atoms with Gasteiger partial charge in [0.15, 0.2) is 0 Å². The zero-order valence-electron chi connectivity index (χ0n) is 9.90. The molecule has 100 valence electrons. The van der Waals surface area contributed by atoms with Crippen LogP contribution in [0.2, 0.25) is 0 Å². The number of nitrogens with one attached hydrogen (secondary N) is 2. The van der Waals surface area contributed by atoms with Gasteiger partial charge in [0.1, 0.15) is 5.69 Å². The fourth-order valence-corrected chi connectivity index (χ4v) is 2.44. The summed E-state index contributed by atoms with van der Waals surface area (Å²) in [5.74, 6) is -0.601. The van der Waals surface area contributed by atoms with Crippen LogP contribution in [-0.4, -0.2) is 28.5 Å². The van der Waals surface area contributed by atoms with Gasteiger partial charge in [-0.05, 0) is 28.9 Å². The zero-order valence-corrected chi connectivity index (χ0v) is 12.3. The maximum atomic E-state index is 11.8. The Morgan fingerprint density at radius 1 is 1.58 bits per heavy atom. The predicted molar refractivity (Wildman–Crippen MR) is 74.5 cm³/mol. The number of hydrogen-bond donors (Lipinski definition) is 2. The van der Waals surface area contributed by atoms with Gasteiger partial charge in [-0.15, -0.1) is 11.3 Å². The quantitative estimate of drug-likeness (QED) is 0.836. The third-order valence-electron chi connectivity index (χ3n) is 2.13. The highest BCUT2D eigenvalue weighted by atomic mass is 79.9. The summed E-state index contributed by atoms with van der Waals surface area (Å²) in [6, 6.07) is 1.70. The van der Waals surface area contributed by atoms with Crippen molar-refractivity contribution in [3.8, 4) is 0 Å². The highest BCUT2D eigenvalue weighted by molar-refractivity contribution is 9.11. The number of hydrogen-bond acceptors (Lipinski definition) is 5. The zero-order chi connectivity index (χ0) is 13.8. The van der Waals surface area contributed by atoms with Crippen LogP contribution in [0.25, 0.3) is 0 Å². The van der Waals surface area contributed by atoms with Crippen molar-refractivity contribution in [1.82, 2.24) is 9.97 Å². The van der Waals surface area contributed by atoms with Gasteiger partial charge in [0.2, 0.25) is 5.95 Å². The van der Waals surface area contributed by atoms with E-state index in [9.17, 15) is 9.59 Å². The van der Waals surface area contributed by atoms with Crippen molar-refractivity contribution in [3.63, 3.8) is 0 Å². The van der Waals surface area contributed by atoms with Gasteiger partial charge in [0, 0.05) is 5.38 Å². The van der Waals surface area contributed by atoms with E-state index in [2.05, 4.69) is 31.2 Å². The number of carbonyl (C=O) groups excluding carboxylic acids is 2. The van der Waals surface area contributed by atoms with Gasteiger partial charge in [-0.3, -0.25) is 10.1 Å². The molecule has 0 fully saturated rings. The fraction of sp³-hybridized carbons (Fsp3) is 0.182. The summed E-state index contributed by atoms with van der Waals surface area (Å²) in [5, 5.41) is 4.28. The number of nitrogens with zero attached hydrogens (tertiary/aromatic N) is 1. The van der Waals surface area contributed by atoms with Crippen molar-refractivity contribution in [2.45, 2.75) is 6.92 Å². The maximum absolute atomic E-state index is 11.8. The van der Waals surface area contributed by atoms with Crippen molar-refractivity contribution in [3.05, 3.63) is 32.7 Å². The third kappa shape index (κ3) is 3.42. The summed E-state index contributed by atoms with van der Waals surface area (Å²) in [4.78, 5) is 29.8. The number of imidazole rings is 1. The van der Waals surface area contributed by atoms with Gasteiger partial charge >= 0.3 is 5.97 Å². The van der Waals surface area contributed by atoms with Crippen molar-refractivity contribution in [2.24, 2.45) is 0 Å². The number of aromatic nitrogens is 2. The third-order valence-corrected chi connectivity index (χ3v) is 3.64. The lowest BCUT2D eigenvalue weighted by molar-refractivity contribution is 0.0520. The summed E-state index contributed by atoms with van der Waals surface area (Å²) >= 11 is 4.69. The van der Waals surface area contributed by atoms with Gasteiger partial charge in [-0.1, -0.05) is 0 Å². The lowest BCUT2D eigenvalue weighted by atomic mass is 10.3. The molecule has 0 aliphatic heterocycles. The highest BCUT2D eigenvalue weighted by Gasteiger charge is 2.13. The monoisotopic (exact) mass is 343 g/mol. The molecule has 0 radical (unpaired) electrons. The molecule has 8 heteroatoms. The summed E-state index contributed by atoms with van der Waals surface area (Å²) in [6.07, 6.45) is 1.32. The van der Waals surface area contributed by atoms with Crippen LogP contribution in [0.3, 0.4) is 0 Å². The van der Waals surface area contributed by atoms with E-state index >= 15 is 0 Å².